The average molecular weight is 277 g/mol. The number of thioether (sulfide) groups is 1. The van der Waals surface area contributed by atoms with Crippen LogP contribution in [0.4, 0.5) is 10.1 Å². The maximum atomic E-state index is 13.4. The van der Waals surface area contributed by atoms with E-state index in [1.165, 1.54) is 24.3 Å². The average Bonchev–Trinajstić information content (AvgIpc) is 2.39. The standard InChI is InChI=1S/C15H16FNOS/c1-10-5-3-4-6-11(10)9-19-15-8-14(18-2)12(16)7-13(15)17/h3-8H,9,17H2,1-2H3. The monoisotopic (exact) mass is 277 g/mol. The Kier molecular flexibility index (Phi) is 4.32. The summed E-state index contributed by atoms with van der Waals surface area (Å²) in [6, 6.07) is 11.1. The fraction of sp³-hybridized carbons (Fsp3) is 0.200. The quantitative estimate of drug-likeness (QED) is 0.677. The normalized spacial score (nSPS) is 10.5. The predicted octanol–water partition coefficient (Wildman–Crippen LogP) is 4.02. The number of nitrogen functional groups attached to an aromatic ring is 1. The first-order valence-corrected chi connectivity index (χ1v) is 6.90. The minimum atomic E-state index is -0.430. The molecule has 0 saturated carbocycles. The Labute approximate surface area is 116 Å². The van der Waals surface area contributed by atoms with E-state index < -0.39 is 5.82 Å². The van der Waals surface area contributed by atoms with Crippen LogP contribution >= 0.6 is 11.8 Å². The van der Waals surface area contributed by atoms with E-state index in [9.17, 15) is 4.39 Å². The van der Waals surface area contributed by atoms with Gasteiger partial charge in [-0.15, -0.1) is 11.8 Å². The van der Waals surface area contributed by atoms with Gasteiger partial charge in [0.1, 0.15) is 0 Å². The largest absolute Gasteiger partial charge is 0.494 e. The van der Waals surface area contributed by atoms with Crippen LogP contribution in [0.15, 0.2) is 41.3 Å². The maximum Gasteiger partial charge on any atom is 0.167 e. The van der Waals surface area contributed by atoms with Gasteiger partial charge in [0.2, 0.25) is 0 Å². The first-order valence-electron chi connectivity index (χ1n) is 5.92. The van der Waals surface area contributed by atoms with Crippen molar-refractivity contribution in [3.05, 3.63) is 53.3 Å². The lowest BCUT2D eigenvalue weighted by atomic mass is 10.1. The van der Waals surface area contributed by atoms with Crippen molar-refractivity contribution in [2.45, 2.75) is 17.6 Å². The Hall–Kier alpha value is -1.68. The molecule has 0 atom stereocenters. The van der Waals surface area contributed by atoms with Gasteiger partial charge in [0.25, 0.3) is 0 Å². The van der Waals surface area contributed by atoms with E-state index in [-0.39, 0.29) is 5.75 Å². The van der Waals surface area contributed by atoms with E-state index in [1.807, 2.05) is 12.1 Å². The van der Waals surface area contributed by atoms with Gasteiger partial charge >= 0.3 is 0 Å². The van der Waals surface area contributed by atoms with Gasteiger partial charge in [-0.1, -0.05) is 24.3 Å². The fourth-order valence-electron chi connectivity index (χ4n) is 1.76. The summed E-state index contributed by atoms with van der Waals surface area (Å²) in [5.74, 6) is 0.591. The highest BCUT2D eigenvalue weighted by Crippen LogP contribution is 2.33. The number of hydrogen-bond acceptors (Lipinski definition) is 3. The molecule has 2 N–H and O–H groups in total. The number of hydrogen-bond donors (Lipinski definition) is 1. The van der Waals surface area contributed by atoms with Gasteiger partial charge in [-0.05, 0) is 24.1 Å². The number of ether oxygens (including phenoxy) is 1. The van der Waals surface area contributed by atoms with Crippen LogP contribution in [-0.4, -0.2) is 7.11 Å². The predicted molar refractivity (Wildman–Crippen MR) is 78.1 cm³/mol. The lowest BCUT2D eigenvalue weighted by Gasteiger charge is -2.10. The van der Waals surface area contributed by atoms with Gasteiger partial charge in [-0.3, -0.25) is 0 Å². The lowest BCUT2D eigenvalue weighted by Crippen LogP contribution is -1.95. The van der Waals surface area contributed by atoms with Crippen molar-refractivity contribution in [3.8, 4) is 5.75 Å². The van der Waals surface area contributed by atoms with Gasteiger partial charge in [0.15, 0.2) is 11.6 Å². The Morgan fingerprint density at radius 1 is 1.26 bits per heavy atom. The first-order chi connectivity index (χ1) is 9.11. The third-order valence-electron chi connectivity index (χ3n) is 2.93. The molecule has 0 aliphatic carbocycles. The Balaban J connectivity index is 2.18. The summed E-state index contributed by atoms with van der Waals surface area (Å²) in [4.78, 5) is 0.835. The maximum absolute atomic E-state index is 13.4. The fourth-order valence-corrected chi connectivity index (χ4v) is 2.81. The highest BCUT2D eigenvalue weighted by Gasteiger charge is 2.09. The molecule has 0 bridgehead atoms. The summed E-state index contributed by atoms with van der Waals surface area (Å²) in [6.07, 6.45) is 0. The van der Waals surface area contributed by atoms with Gasteiger partial charge in [0.05, 0.1) is 7.11 Å². The molecule has 0 spiro atoms. The van der Waals surface area contributed by atoms with Crippen LogP contribution in [0, 0.1) is 12.7 Å². The van der Waals surface area contributed by atoms with E-state index in [2.05, 4.69) is 19.1 Å². The van der Waals surface area contributed by atoms with E-state index in [0.717, 1.165) is 10.6 Å². The summed E-state index contributed by atoms with van der Waals surface area (Å²) in [5.41, 5.74) is 8.76. The molecule has 0 aromatic heterocycles. The summed E-state index contributed by atoms with van der Waals surface area (Å²) in [6.45, 7) is 2.07. The molecular formula is C15H16FNOS. The van der Waals surface area contributed by atoms with Gasteiger partial charge in [-0.2, -0.15) is 0 Å². The Bertz CT molecular complexity index is 586. The summed E-state index contributed by atoms with van der Waals surface area (Å²) < 4.78 is 18.4. The van der Waals surface area contributed by atoms with Crippen LogP contribution in [0.3, 0.4) is 0 Å². The van der Waals surface area contributed by atoms with Crippen LogP contribution < -0.4 is 10.5 Å². The van der Waals surface area contributed by atoms with Crippen molar-refractivity contribution >= 4 is 17.4 Å². The van der Waals surface area contributed by atoms with Crippen molar-refractivity contribution in [1.29, 1.82) is 0 Å². The van der Waals surface area contributed by atoms with E-state index in [1.54, 1.807) is 17.8 Å². The number of rotatable bonds is 4. The number of aryl methyl sites for hydroxylation is 1. The minimum absolute atomic E-state index is 0.224. The van der Waals surface area contributed by atoms with Gasteiger partial charge in [-0.25, -0.2) is 4.39 Å². The number of benzene rings is 2. The van der Waals surface area contributed by atoms with E-state index in [4.69, 9.17) is 10.5 Å². The molecule has 2 aromatic rings. The van der Waals surface area contributed by atoms with Crippen molar-refractivity contribution in [1.82, 2.24) is 0 Å². The highest BCUT2D eigenvalue weighted by molar-refractivity contribution is 7.98. The molecule has 0 unspecified atom stereocenters. The lowest BCUT2D eigenvalue weighted by molar-refractivity contribution is 0.385. The molecule has 2 nitrogen and oxygen atoms in total. The minimum Gasteiger partial charge on any atom is -0.494 e. The molecule has 0 radical (unpaired) electrons. The first kappa shape index (κ1) is 13.7. The highest BCUT2D eigenvalue weighted by atomic mass is 32.2. The third-order valence-corrected chi connectivity index (χ3v) is 4.05. The van der Waals surface area contributed by atoms with Gasteiger partial charge < -0.3 is 10.5 Å². The Morgan fingerprint density at radius 3 is 2.68 bits per heavy atom. The smallest absolute Gasteiger partial charge is 0.167 e. The second-order valence-corrected chi connectivity index (χ2v) is 5.26. The molecule has 0 aliphatic rings. The SMILES string of the molecule is COc1cc(SCc2ccccc2C)c(N)cc1F. The van der Waals surface area contributed by atoms with Crippen molar-refractivity contribution in [2.75, 3.05) is 12.8 Å². The van der Waals surface area contributed by atoms with Crippen LogP contribution in [0.5, 0.6) is 5.75 Å². The van der Waals surface area contributed by atoms with Crippen molar-refractivity contribution < 1.29 is 9.13 Å². The molecule has 100 valence electrons. The molecule has 19 heavy (non-hydrogen) atoms. The second kappa shape index (κ2) is 5.97. The molecule has 4 heteroatoms. The molecule has 0 amide bonds. The molecule has 0 aliphatic heterocycles. The van der Waals surface area contributed by atoms with Gasteiger partial charge in [0, 0.05) is 22.4 Å². The van der Waals surface area contributed by atoms with Crippen LogP contribution in [0.2, 0.25) is 0 Å². The molecule has 0 saturated heterocycles. The summed E-state index contributed by atoms with van der Waals surface area (Å²) in [5, 5.41) is 0. The third kappa shape index (κ3) is 3.20. The number of halogens is 1. The van der Waals surface area contributed by atoms with Crippen LogP contribution in [0.1, 0.15) is 11.1 Å². The Morgan fingerprint density at radius 2 is 2.00 bits per heavy atom. The van der Waals surface area contributed by atoms with Crippen molar-refractivity contribution in [2.24, 2.45) is 0 Å². The second-order valence-electron chi connectivity index (χ2n) is 4.24. The molecular weight excluding hydrogens is 261 g/mol. The topological polar surface area (TPSA) is 35.2 Å². The summed E-state index contributed by atoms with van der Waals surface area (Å²) >= 11 is 1.58. The summed E-state index contributed by atoms with van der Waals surface area (Å²) in [7, 11) is 1.45. The number of methoxy groups -OCH3 is 1. The number of nitrogens with two attached hydrogens (primary N) is 1. The van der Waals surface area contributed by atoms with Crippen LogP contribution in [0.25, 0.3) is 0 Å². The zero-order valence-corrected chi connectivity index (χ0v) is 11.8. The molecule has 0 fully saturated rings. The molecule has 2 rings (SSSR count). The number of anilines is 1. The van der Waals surface area contributed by atoms with Crippen molar-refractivity contribution in [3.63, 3.8) is 0 Å². The molecule has 0 heterocycles. The zero-order chi connectivity index (χ0) is 13.8. The van der Waals surface area contributed by atoms with E-state index >= 15 is 0 Å². The van der Waals surface area contributed by atoms with Crippen LogP contribution in [-0.2, 0) is 5.75 Å². The van der Waals surface area contributed by atoms with E-state index in [0.29, 0.717) is 5.69 Å². The zero-order valence-electron chi connectivity index (χ0n) is 10.9. The molecule has 2 aromatic carbocycles.